The highest BCUT2D eigenvalue weighted by atomic mass is 16.2. The van der Waals surface area contributed by atoms with Crippen LogP contribution in [-0.2, 0) is 6.42 Å². The predicted octanol–water partition coefficient (Wildman–Crippen LogP) is 3.06. The van der Waals surface area contributed by atoms with Gasteiger partial charge in [-0.05, 0) is 49.9 Å². The standard InChI is InChI=1S/C18H19N3O/c1-12-10-13-4-2-3-5-17(13)21(12)15-8-9-16(19-11-15)18(22)20-14-6-7-14/h2-5,8-9,11-12,14H,6-7,10H2,1H3,(H,20,22). The minimum atomic E-state index is -0.0658. The highest BCUT2D eigenvalue weighted by Crippen LogP contribution is 2.37. The molecule has 4 rings (SSSR count). The van der Waals surface area contributed by atoms with E-state index in [0.717, 1.165) is 24.9 Å². The molecule has 0 radical (unpaired) electrons. The van der Waals surface area contributed by atoms with E-state index in [9.17, 15) is 4.79 Å². The summed E-state index contributed by atoms with van der Waals surface area (Å²) in [7, 11) is 0. The van der Waals surface area contributed by atoms with Gasteiger partial charge in [0, 0.05) is 17.8 Å². The summed E-state index contributed by atoms with van der Waals surface area (Å²) >= 11 is 0. The molecule has 1 aromatic carbocycles. The van der Waals surface area contributed by atoms with Gasteiger partial charge >= 0.3 is 0 Å². The number of nitrogens with one attached hydrogen (secondary N) is 1. The van der Waals surface area contributed by atoms with E-state index in [1.54, 1.807) is 6.20 Å². The van der Waals surface area contributed by atoms with Crippen LogP contribution in [0, 0.1) is 0 Å². The van der Waals surface area contributed by atoms with Crippen molar-refractivity contribution < 1.29 is 4.79 Å². The van der Waals surface area contributed by atoms with Gasteiger partial charge in [-0.1, -0.05) is 18.2 Å². The van der Waals surface area contributed by atoms with Crippen molar-refractivity contribution in [1.82, 2.24) is 10.3 Å². The van der Waals surface area contributed by atoms with Crippen LogP contribution in [0.15, 0.2) is 42.6 Å². The fraction of sp³-hybridized carbons (Fsp3) is 0.333. The molecule has 2 heterocycles. The molecule has 0 bridgehead atoms. The van der Waals surface area contributed by atoms with Gasteiger partial charge in [-0.2, -0.15) is 0 Å². The molecule has 1 amide bonds. The Hall–Kier alpha value is -2.36. The Morgan fingerprint density at radius 1 is 1.23 bits per heavy atom. The first-order valence-corrected chi connectivity index (χ1v) is 7.86. The minimum absolute atomic E-state index is 0.0658. The van der Waals surface area contributed by atoms with Crippen molar-refractivity contribution in [2.45, 2.75) is 38.3 Å². The molecular formula is C18H19N3O. The second-order valence-electron chi connectivity index (χ2n) is 6.20. The number of aromatic nitrogens is 1. The number of carbonyl (C=O) groups is 1. The van der Waals surface area contributed by atoms with E-state index >= 15 is 0 Å². The second-order valence-corrected chi connectivity index (χ2v) is 6.20. The van der Waals surface area contributed by atoms with Gasteiger partial charge in [-0.25, -0.2) is 4.98 Å². The summed E-state index contributed by atoms with van der Waals surface area (Å²) in [6, 6.07) is 13.1. The summed E-state index contributed by atoms with van der Waals surface area (Å²) in [5, 5.41) is 2.97. The van der Waals surface area contributed by atoms with Crippen molar-refractivity contribution in [3.8, 4) is 0 Å². The first-order chi connectivity index (χ1) is 10.7. The molecule has 4 heteroatoms. The van der Waals surface area contributed by atoms with E-state index in [4.69, 9.17) is 0 Å². The Morgan fingerprint density at radius 2 is 2.05 bits per heavy atom. The van der Waals surface area contributed by atoms with Crippen LogP contribution in [0.5, 0.6) is 0 Å². The van der Waals surface area contributed by atoms with Crippen LogP contribution in [0.1, 0.15) is 35.8 Å². The SMILES string of the molecule is CC1Cc2ccccc2N1c1ccc(C(=O)NC2CC2)nc1. The average Bonchev–Trinajstić information content (AvgIpc) is 3.27. The smallest absolute Gasteiger partial charge is 0.270 e. The van der Waals surface area contributed by atoms with Gasteiger partial charge in [0.2, 0.25) is 0 Å². The molecule has 4 nitrogen and oxygen atoms in total. The van der Waals surface area contributed by atoms with Gasteiger partial charge in [0.25, 0.3) is 5.91 Å². The number of hydrogen-bond acceptors (Lipinski definition) is 3. The molecule has 1 atom stereocenters. The van der Waals surface area contributed by atoms with Crippen molar-refractivity contribution in [1.29, 1.82) is 0 Å². The normalized spacial score (nSPS) is 19.9. The predicted molar refractivity (Wildman–Crippen MR) is 86.5 cm³/mol. The van der Waals surface area contributed by atoms with Gasteiger partial charge < -0.3 is 10.2 Å². The lowest BCUT2D eigenvalue weighted by atomic mass is 10.1. The first kappa shape index (κ1) is 13.3. The van der Waals surface area contributed by atoms with Gasteiger partial charge in [0.1, 0.15) is 5.69 Å². The van der Waals surface area contributed by atoms with E-state index in [1.807, 2.05) is 12.1 Å². The van der Waals surface area contributed by atoms with Crippen LogP contribution in [0.4, 0.5) is 11.4 Å². The molecule has 1 unspecified atom stereocenters. The summed E-state index contributed by atoms with van der Waals surface area (Å²) in [5.41, 5.74) is 4.15. The summed E-state index contributed by atoms with van der Waals surface area (Å²) in [6.07, 6.45) is 5.03. The largest absolute Gasteiger partial charge is 0.348 e. The van der Waals surface area contributed by atoms with Crippen molar-refractivity contribution in [3.05, 3.63) is 53.9 Å². The third-order valence-corrected chi connectivity index (χ3v) is 4.38. The Morgan fingerprint density at radius 3 is 2.77 bits per heavy atom. The number of pyridine rings is 1. The Balaban J connectivity index is 1.59. The Kier molecular flexibility index (Phi) is 3.10. The number of carbonyl (C=O) groups excluding carboxylic acids is 1. The van der Waals surface area contributed by atoms with Crippen LogP contribution in [0.2, 0.25) is 0 Å². The third-order valence-electron chi connectivity index (χ3n) is 4.38. The second kappa shape index (κ2) is 5.13. The van der Waals surface area contributed by atoms with Gasteiger partial charge in [0.05, 0.1) is 11.9 Å². The monoisotopic (exact) mass is 293 g/mol. The lowest BCUT2D eigenvalue weighted by Gasteiger charge is -2.24. The number of para-hydroxylation sites is 1. The lowest BCUT2D eigenvalue weighted by Crippen LogP contribution is -2.27. The summed E-state index contributed by atoms with van der Waals surface area (Å²) in [5.74, 6) is -0.0658. The zero-order valence-corrected chi connectivity index (χ0v) is 12.6. The maximum absolute atomic E-state index is 12.0. The van der Waals surface area contributed by atoms with E-state index in [2.05, 4.69) is 46.4 Å². The molecular weight excluding hydrogens is 274 g/mol. The van der Waals surface area contributed by atoms with Crippen LogP contribution < -0.4 is 10.2 Å². The zero-order valence-electron chi connectivity index (χ0n) is 12.6. The molecule has 1 aliphatic carbocycles. The molecule has 2 aliphatic rings. The van der Waals surface area contributed by atoms with Crippen LogP contribution >= 0.6 is 0 Å². The summed E-state index contributed by atoms with van der Waals surface area (Å²) in [4.78, 5) is 18.7. The van der Waals surface area contributed by atoms with Gasteiger partial charge in [0.15, 0.2) is 0 Å². The van der Waals surface area contributed by atoms with Gasteiger partial charge in [-0.3, -0.25) is 4.79 Å². The van der Waals surface area contributed by atoms with Crippen molar-refractivity contribution in [3.63, 3.8) is 0 Å². The minimum Gasteiger partial charge on any atom is -0.348 e. The highest BCUT2D eigenvalue weighted by molar-refractivity contribution is 5.93. The molecule has 2 aromatic rings. The quantitative estimate of drug-likeness (QED) is 0.946. The molecule has 1 saturated carbocycles. The van der Waals surface area contributed by atoms with E-state index < -0.39 is 0 Å². The average molecular weight is 293 g/mol. The first-order valence-electron chi connectivity index (χ1n) is 7.86. The number of nitrogens with zero attached hydrogens (tertiary/aromatic N) is 2. The maximum Gasteiger partial charge on any atom is 0.270 e. The maximum atomic E-state index is 12.0. The lowest BCUT2D eigenvalue weighted by molar-refractivity contribution is 0.0946. The number of benzene rings is 1. The molecule has 22 heavy (non-hydrogen) atoms. The van der Waals surface area contributed by atoms with Gasteiger partial charge in [-0.15, -0.1) is 0 Å². The molecule has 1 N–H and O–H groups in total. The van der Waals surface area contributed by atoms with Crippen LogP contribution in [-0.4, -0.2) is 23.0 Å². The third kappa shape index (κ3) is 2.34. The van der Waals surface area contributed by atoms with Crippen LogP contribution in [0.25, 0.3) is 0 Å². The highest BCUT2D eigenvalue weighted by Gasteiger charge is 2.27. The van der Waals surface area contributed by atoms with E-state index in [0.29, 0.717) is 17.8 Å². The van der Waals surface area contributed by atoms with E-state index in [1.165, 1.54) is 11.3 Å². The topological polar surface area (TPSA) is 45.2 Å². The molecule has 0 saturated heterocycles. The van der Waals surface area contributed by atoms with Crippen LogP contribution in [0.3, 0.4) is 0 Å². The van der Waals surface area contributed by atoms with Crippen molar-refractivity contribution >= 4 is 17.3 Å². The Bertz CT molecular complexity index is 707. The Labute approximate surface area is 130 Å². The number of amides is 1. The number of hydrogen-bond donors (Lipinski definition) is 1. The fourth-order valence-corrected chi connectivity index (χ4v) is 3.11. The zero-order chi connectivity index (χ0) is 15.1. The van der Waals surface area contributed by atoms with Crippen molar-refractivity contribution in [2.75, 3.05) is 4.90 Å². The number of fused-ring (bicyclic) bond motifs is 1. The van der Waals surface area contributed by atoms with Crippen molar-refractivity contribution in [2.24, 2.45) is 0 Å². The number of anilines is 2. The number of rotatable bonds is 3. The molecule has 1 fully saturated rings. The molecule has 0 spiro atoms. The fourth-order valence-electron chi connectivity index (χ4n) is 3.11. The molecule has 1 aromatic heterocycles. The molecule has 1 aliphatic heterocycles. The molecule has 112 valence electrons. The summed E-state index contributed by atoms with van der Waals surface area (Å²) < 4.78 is 0. The van der Waals surface area contributed by atoms with E-state index in [-0.39, 0.29) is 5.91 Å². The summed E-state index contributed by atoms with van der Waals surface area (Å²) in [6.45, 7) is 2.22.